The van der Waals surface area contributed by atoms with Gasteiger partial charge in [-0.15, -0.1) is 0 Å². The third-order valence-electron chi connectivity index (χ3n) is 6.50. The minimum Gasteiger partial charge on any atom is -0.490 e. The van der Waals surface area contributed by atoms with Gasteiger partial charge < -0.3 is 14.7 Å². The highest BCUT2D eigenvalue weighted by molar-refractivity contribution is 5.95. The Morgan fingerprint density at radius 1 is 1.14 bits per heavy atom. The van der Waals surface area contributed by atoms with Crippen LogP contribution in [0.2, 0.25) is 0 Å². The molecule has 2 aliphatic rings. The number of carboxylic acids is 1. The Bertz CT molecular complexity index is 1100. The molecule has 2 heterocycles. The highest BCUT2D eigenvalue weighted by Gasteiger charge is 2.48. The molecule has 2 atom stereocenters. The minimum absolute atomic E-state index is 0.0774. The zero-order valence-corrected chi connectivity index (χ0v) is 19.4. The van der Waals surface area contributed by atoms with E-state index in [1.54, 1.807) is 30.3 Å². The Labute approximate surface area is 200 Å². The van der Waals surface area contributed by atoms with E-state index in [0.717, 1.165) is 10.6 Å². The zero-order chi connectivity index (χ0) is 25.3. The van der Waals surface area contributed by atoms with Crippen molar-refractivity contribution in [1.29, 1.82) is 0 Å². The fraction of sp³-hybridized carbons (Fsp3) is 0.440. The maximum atomic E-state index is 14.2. The Morgan fingerprint density at radius 2 is 1.80 bits per heavy atom. The highest BCUT2D eigenvalue weighted by atomic mass is 19.4. The number of benzene rings is 2. The summed E-state index contributed by atoms with van der Waals surface area (Å²) in [6, 6.07) is 10.5. The first-order chi connectivity index (χ1) is 16.5. The zero-order valence-electron chi connectivity index (χ0n) is 19.4. The van der Waals surface area contributed by atoms with Gasteiger partial charge >= 0.3 is 12.1 Å². The van der Waals surface area contributed by atoms with Crippen LogP contribution in [0, 0.1) is 18.7 Å². The number of hydrazone groups is 1. The SMILES string of the molecule is Cc1ccc(F)c(N2CCC(Oc3ccc(N4N=C(C(F)(F)F)[C@@H](C)[C@@H]4CC(=O)O)cc3)CC2)c1. The van der Waals surface area contributed by atoms with Gasteiger partial charge in [-0.1, -0.05) is 13.0 Å². The molecule has 6 nitrogen and oxygen atoms in total. The van der Waals surface area contributed by atoms with Gasteiger partial charge in [-0.25, -0.2) is 4.39 Å². The van der Waals surface area contributed by atoms with Crippen molar-refractivity contribution in [2.45, 2.75) is 51.4 Å². The lowest BCUT2D eigenvalue weighted by molar-refractivity contribution is -0.137. The van der Waals surface area contributed by atoms with E-state index in [9.17, 15) is 27.5 Å². The number of piperidine rings is 1. The van der Waals surface area contributed by atoms with Crippen LogP contribution in [0.25, 0.3) is 0 Å². The normalized spacial score (nSPS) is 21.3. The van der Waals surface area contributed by atoms with Crippen LogP contribution >= 0.6 is 0 Å². The van der Waals surface area contributed by atoms with Crippen molar-refractivity contribution in [3.8, 4) is 5.75 Å². The molecule has 0 aliphatic carbocycles. The van der Waals surface area contributed by atoms with Crippen molar-refractivity contribution in [3.05, 3.63) is 53.8 Å². The number of anilines is 2. The molecule has 0 spiro atoms. The quantitative estimate of drug-likeness (QED) is 0.546. The van der Waals surface area contributed by atoms with Crippen molar-refractivity contribution in [2.75, 3.05) is 23.0 Å². The molecular weight excluding hydrogens is 466 g/mol. The molecule has 35 heavy (non-hydrogen) atoms. The summed E-state index contributed by atoms with van der Waals surface area (Å²) in [5.41, 5.74) is 0.951. The van der Waals surface area contributed by atoms with Crippen LogP contribution in [0.5, 0.6) is 5.75 Å². The summed E-state index contributed by atoms with van der Waals surface area (Å²) in [4.78, 5) is 13.3. The van der Waals surface area contributed by atoms with E-state index in [1.165, 1.54) is 13.0 Å². The van der Waals surface area contributed by atoms with Crippen molar-refractivity contribution in [1.82, 2.24) is 0 Å². The average molecular weight is 494 g/mol. The van der Waals surface area contributed by atoms with Gasteiger partial charge in [0.1, 0.15) is 23.4 Å². The molecule has 0 bridgehead atoms. The second-order valence-electron chi connectivity index (χ2n) is 9.03. The Kier molecular flexibility index (Phi) is 6.91. The van der Waals surface area contributed by atoms with E-state index in [4.69, 9.17) is 4.74 Å². The van der Waals surface area contributed by atoms with E-state index < -0.39 is 36.2 Å². The van der Waals surface area contributed by atoms with E-state index >= 15 is 0 Å². The maximum absolute atomic E-state index is 14.2. The summed E-state index contributed by atoms with van der Waals surface area (Å²) < 4.78 is 60.3. The first kappa shape index (κ1) is 24.8. The average Bonchev–Trinajstić information content (AvgIpc) is 3.12. The summed E-state index contributed by atoms with van der Waals surface area (Å²) in [5, 5.41) is 14.1. The predicted octanol–water partition coefficient (Wildman–Crippen LogP) is 5.40. The third kappa shape index (κ3) is 5.52. The van der Waals surface area contributed by atoms with Crippen molar-refractivity contribution < 1.29 is 32.2 Å². The van der Waals surface area contributed by atoms with Gasteiger partial charge in [0.25, 0.3) is 0 Å². The summed E-state index contributed by atoms with van der Waals surface area (Å²) >= 11 is 0. The van der Waals surface area contributed by atoms with Gasteiger partial charge in [0.15, 0.2) is 0 Å². The number of aryl methyl sites for hydroxylation is 1. The molecule has 0 amide bonds. The number of carbonyl (C=O) groups is 1. The number of aliphatic carboxylic acids is 1. The van der Waals surface area contributed by atoms with Crippen LogP contribution in [0.1, 0.15) is 31.7 Å². The lowest BCUT2D eigenvalue weighted by Gasteiger charge is -2.34. The number of hydrogen-bond acceptors (Lipinski definition) is 5. The summed E-state index contributed by atoms with van der Waals surface area (Å²) in [6.07, 6.45) is -3.80. The van der Waals surface area contributed by atoms with E-state index in [-0.39, 0.29) is 11.9 Å². The number of hydrogen-bond donors (Lipinski definition) is 1. The van der Waals surface area contributed by atoms with Crippen molar-refractivity contribution >= 4 is 23.1 Å². The van der Waals surface area contributed by atoms with E-state index in [1.807, 2.05) is 17.9 Å². The van der Waals surface area contributed by atoms with Crippen LogP contribution < -0.4 is 14.6 Å². The number of rotatable bonds is 6. The number of nitrogens with zero attached hydrogens (tertiary/aromatic N) is 3. The molecule has 188 valence electrons. The molecular formula is C25H27F4N3O3. The monoisotopic (exact) mass is 493 g/mol. The molecule has 0 aromatic heterocycles. The first-order valence-corrected chi connectivity index (χ1v) is 11.5. The fourth-order valence-electron chi connectivity index (χ4n) is 4.63. The molecule has 1 N–H and O–H groups in total. The number of carboxylic acid groups (broad SMARTS) is 1. The molecule has 4 rings (SSSR count). The third-order valence-corrected chi connectivity index (χ3v) is 6.50. The number of halogens is 4. The van der Waals surface area contributed by atoms with Crippen molar-refractivity contribution in [3.63, 3.8) is 0 Å². The lowest BCUT2D eigenvalue weighted by Crippen LogP contribution is -2.38. The van der Waals surface area contributed by atoms with Crippen LogP contribution in [-0.4, -0.2) is 48.2 Å². The van der Waals surface area contributed by atoms with Crippen LogP contribution in [-0.2, 0) is 4.79 Å². The second kappa shape index (κ2) is 9.75. The Morgan fingerprint density at radius 3 is 2.40 bits per heavy atom. The minimum atomic E-state index is -4.63. The van der Waals surface area contributed by atoms with Gasteiger partial charge in [-0.2, -0.15) is 18.3 Å². The first-order valence-electron chi connectivity index (χ1n) is 11.5. The second-order valence-corrected chi connectivity index (χ2v) is 9.03. The molecule has 2 aromatic carbocycles. The summed E-state index contributed by atoms with van der Waals surface area (Å²) in [5.74, 6) is -1.97. The largest absolute Gasteiger partial charge is 0.490 e. The Hall–Kier alpha value is -3.30. The summed E-state index contributed by atoms with van der Waals surface area (Å²) in [7, 11) is 0. The van der Waals surface area contributed by atoms with Crippen molar-refractivity contribution in [2.24, 2.45) is 11.0 Å². The standard InChI is InChI=1S/C25H27F4N3O3/c1-15-3-8-20(26)22(13-15)31-11-9-19(10-12-31)35-18-6-4-17(5-7-18)32-21(14-23(33)34)16(2)24(30-32)25(27,28)29/h3-8,13,16,19,21H,9-12,14H2,1-2H3,(H,33,34)/t16-,21-/m0/s1. The lowest BCUT2D eigenvalue weighted by atomic mass is 9.94. The van der Waals surface area contributed by atoms with E-state index in [2.05, 4.69) is 5.10 Å². The highest BCUT2D eigenvalue weighted by Crippen LogP contribution is 2.37. The smallest absolute Gasteiger partial charge is 0.431 e. The maximum Gasteiger partial charge on any atom is 0.431 e. The Balaban J connectivity index is 1.41. The fourth-order valence-corrected chi connectivity index (χ4v) is 4.63. The molecule has 1 fully saturated rings. The molecule has 1 saturated heterocycles. The van der Waals surface area contributed by atoms with Crippen LogP contribution in [0.15, 0.2) is 47.6 Å². The van der Waals surface area contributed by atoms with Gasteiger partial charge in [-0.05, 0) is 48.9 Å². The van der Waals surface area contributed by atoms with Gasteiger partial charge in [-0.3, -0.25) is 9.80 Å². The predicted molar refractivity (Wildman–Crippen MR) is 125 cm³/mol. The number of ether oxygens (including phenoxy) is 1. The molecule has 0 radical (unpaired) electrons. The van der Waals surface area contributed by atoms with Crippen LogP contribution in [0.3, 0.4) is 0 Å². The topological polar surface area (TPSA) is 65.4 Å². The number of alkyl halides is 3. The van der Waals surface area contributed by atoms with Gasteiger partial charge in [0.05, 0.1) is 23.8 Å². The molecule has 0 saturated carbocycles. The molecule has 0 unspecified atom stereocenters. The molecule has 10 heteroatoms. The summed E-state index contributed by atoms with van der Waals surface area (Å²) in [6.45, 7) is 4.54. The van der Waals surface area contributed by atoms with Gasteiger partial charge in [0, 0.05) is 31.8 Å². The van der Waals surface area contributed by atoms with Gasteiger partial charge in [0.2, 0.25) is 0 Å². The molecule has 2 aromatic rings. The van der Waals surface area contributed by atoms with E-state index in [0.29, 0.717) is 43.1 Å². The van der Waals surface area contributed by atoms with Crippen LogP contribution in [0.4, 0.5) is 28.9 Å². The molecule has 2 aliphatic heterocycles.